The van der Waals surface area contributed by atoms with Crippen molar-refractivity contribution < 1.29 is 0 Å². The summed E-state index contributed by atoms with van der Waals surface area (Å²) >= 11 is 0. The Morgan fingerprint density at radius 3 is 1.79 bits per heavy atom. The van der Waals surface area contributed by atoms with Crippen LogP contribution in [-0.2, 0) is 0 Å². The molecule has 5 aromatic rings. The van der Waals surface area contributed by atoms with Gasteiger partial charge in [-0.15, -0.1) is 0 Å². The van der Waals surface area contributed by atoms with Crippen LogP contribution in [0.25, 0.3) is 38.6 Å². The minimum atomic E-state index is 0.557. The van der Waals surface area contributed by atoms with Gasteiger partial charge in [0.2, 0.25) is 0 Å². The first-order valence-corrected chi connectivity index (χ1v) is 9.34. The fourth-order valence-electron chi connectivity index (χ4n) is 4.07. The van der Waals surface area contributed by atoms with Crippen molar-refractivity contribution in [2.24, 2.45) is 0 Å². The van der Waals surface area contributed by atoms with E-state index in [-0.39, 0.29) is 0 Å². The van der Waals surface area contributed by atoms with Gasteiger partial charge in [0.05, 0.1) is 33.9 Å². The molecule has 0 aliphatic rings. The quantitative estimate of drug-likeness (QED) is 0.372. The molecule has 0 atom stereocenters. The summed E-state index contributed by atoms with van der Waals surface area (Å²) in [6, 6.07) is 34.3. The van der Waals surface area contributed by atoms with E-state index in [1.54, 1.807) is 6.07 Å². The van der Waals surface area contributed by atoms with Crippen LogP contribution in [0, 0.1) is 22.7 Å². The van der Waals surface area contributed by atoms with Crippen LogP contribution in [-0.4, -0.2) is 4.57 Å². The number of aromatic nitrogens is 1. The third kappa shape index (κ3) is 2.50. The molecule has 0 aliphatic heterocycles. The van der Waals surface area contributed by atoms with Crippen LogP contribution in [0.4, 0.5) is 0 Å². The molecule has 4 aromatic carbocycles. The monoisotopic (exact) mass is 369 g/mol. The highest BCUT2D eigenvalue weighted by molar-refractivity contribution is 6.09. The molecule has 0 amide bonds. The van der Waals surface area contributed by atoms with Crippen molar-refractivity contribution in [3.8, 4) is 29.0 Å². The van der Waals surface area contributed by atoms with Crippen molar-refractivity contribution in [2.75, 3.05) is 0 Å². The van der Waals surface area contributed by atoms with Gasteiger partial charge in [0.25, 0.3) is 0 Å². The first-order chi connectivity index (χ1) is 14.3. The average Bonchev–Trinajstić information content (AvgIpc) is 3.13. The Kier molecular flexibility index (Phi) is 3.87. The maximum Gasteiger partial charge on any atom is 0.102 e. The van der Waals surface area contributed by atoms with E-state index in [9.17, 15) is 10.5 Å². The van der Waals surface area contributed by atoms with Gasteiger partial charge in [-0.25, -0.2) is 0 Å². The highest BCUT2D eigenvalue weighted by atomic mass is 15.0. The Morgan fingerprint density at radius 2 is 1.14 bits per heavy atom. The third-order valence-corrected chi connectivity index (χ3v) is 5.31. The van der Waals surface area contributed by atoms with Crippen LogP contribution in [0.3, 0.4) is 0 Å². The van der Waals surface area contributed by atoms with Crippen molar-refractivity contribution in [3.05, 3.63) is 102 Å². The molecule has 0 saturated heterocycles. The second kappa shape index (κ2) is 6.68. The standard InChI is InChI=1S/C26H15N3/c27-16-18-8-1-2-9-19(18)20-12-7-15-26(23(20)17-28)29-24-13-5-3-10-21(24)22-11-4-6-14-25(22)29/h1-15H. The van der Waals surface area contributed by atoms with Gasteiger partial charge in [0, 0.05) is 21.9 Å². The molecule has 0 unspecified atom stereocenters. The summed E-state index contributed by atoms with van der Waals surface area (Å²) in [5.41, 5.74) is 5.57. The summed E-state index contributed by atoms with van der Waals surface area (Å²) in [5, 5.41) is 22.0. The SMILES string of the molecule is N#Cc1ccccc1-c1cccc(-n2c3ccccc3c3ccccc32)c1C#N. The number of nitriles is 2. The van der Waals surface area contributed by atoms with Gasteiger partial charge in [0.1, 0.15) is 6.07 Å². The summed E-state index contributed by atoms with van der Waals surface area (Å²) in [6.07, 6.45) is 0. The van der Waals surface area contributed by atoms with E-state index < -0.39 is 0 Å². The molecule has 1 aromatic heterocycles. The predicted octanol–water partition coefficient (Wildman–Crippen LogP) is 6.19. The molecule has 3 heteroatoms. The Balaban J connectivity index is 1.90. The maximum absolute atomic E-state index is 10.1. The van der Waals surface area contributed by atoms with Crippen LogP contribution in [0.2, 0.25) is 0 Å². The average molecular weight is 369 g/mol. The number of fused-ring (bicyclic) bond motifs is 3. The van der Waals surface area contributed by atoms with Gasteiger partial charge in [-0.3, -0.25) is 0 Å². The molecule has 3 nitrogen and oxygen atoms in total. The van der Waals surface area contributed by atoms with Crippen molar-refractivity contribution >= 4 is 21.8 Å². The molecular weight excluding hydrogens is 354 g/mol. The van der Waals surface area contributed by atoms with Gasteiger partial charge in [0.15, 0.2) is 0 Å². The Hall–Kier alpha value is -4.34. The summed E-state index contributed by atoms with van der Waals surface area (Å²) in [7, 11) is 0. The second-order valence-corrected chi connectivity index (χ2v) is 6.84. The van der Waals surface area contributed by atoms with E-state index in [1.165, 1.54) is 0 Å². The maximum atomic E-state index is 10.1. The lowest BCUT2D eigenvalue weighted by Gasteiger charge is -2.14. The Labute approximate surface area is 168 Å². The van der Waals surface area contributed by atoms with E-state index >= 15 is 0 Å². The van der Waals surface area contributed by atoms with Gasteiger partial charge < -0.3 is 4.57 Å². The van der Waals surface area contributed by atoms with E-state index in [2.05, 4.69) is 41.0 Å². The van der Waals surface area contributed by atoms with E-state index in [1.807, 2.05) is 60.7 Å². The zero-order valence-corrected chi connectivity index (χ0v) is 15.5. The van der Waals surface area contributed by atoms with Crippen LogP contribution < -0.4 is 0 Å². The van der Waals surface area contributed by atoms with E-state index in [0.717, 1.165) is 38.6 Å². The van der Waals surface area contributed by atoms with Crippen LogP contribution in [0.5, 0.6) is 0 Å². The minimum absolute atomic E-state index is 0.557. The Morgan fingerprint density at radius 1 is 0.552 bits per heavy atom. The van der Waals surface area contributed by atoms with E-state index in [4.69, 9.17) is 0 Å². The third-order valence-electron chi connectivity index (χ3n) is 5.31. The summed E-state index contributed by atoms with van der Waals surface area (Å²) in [4.78, 5) is 0. The molecule has 29 heavy (non-hydrogen) atoms. The summed E-state index contributed by atoms with van der Waals surface area (Å²) in [5.74, 6) is 0. The number of para-hydroxylation sites is 2. The van der Waals surface area contributed by atoms with Crippen molar-refractivity contribution in [3.63, 3.8) is 0 Å². The molecule has 0 radical (unpaired) electrons. The molecule has 5 rings (SSSR count). The van der Waals surface area contributed by atoms with Gasteiger partial charge in [-0.2, -0.15) is 10.5 Å². The molecular formula is C26H15N3. The topological polar surface area (TPSA) is 52.5 Å². The molecule has 0 fully saturated rings. The first-order valence-electron chi connectivity index (χ1n) is 9.34. The van der Waals surface area contributed by atoms with Crippen molar-refractivity contribution in [1.29, 1.82) is 10.5 Å². The van der Waals surface area contributed by atoms with Gasteiger partial charge >= 0.3 is 0 Å². The smallest absolute Gasteiger partial charge is 0.102 e. The minimum Gasteiger partial charge on any atom is -0.308 e. The Bertz CT molecular complexity index is 1420. The lowest BCUT2D eigenvalue weighted by molar-refractivity contribution is 1.17. The second-order valence-electron chi connectivity index (χ2n) is 6.84. The van der Waals surface area contributed by atoms with Crippen molar-refractivity contribution in [2.45, 2.75) is 0 Å². The van der Waals surface area contributed by atoms with Gasteiger partial charge in [-0.05, 0) is 24.3 Å². The highest BCUT2D eigenvalue weighted by Gasteiger charge is 2.18. The zero-order valence-electron chi connectivity index (χ0n) is 15.5. The molecule has 0 bridgehead atoms. The van der Waals surface area contributed by atoms with Crippen LogP contribution in [0.1, 0.15) is 11.1 Å². The van der Waals surface area contributed by atoms with Crippen LogP contribution in [0.15, 0.2) is 91.0 Å². The largest absolute Gasteiger partial charge is 0.308 e. The normalized spacial score (nSPS) is 10.7. The molecule has 0 spiro atoms. The first kappa shape index (κ1) is 16.8. The number of nitrogens with zero attached hydrogens (tertiary/aromatic N) is 3. The number of benzene rings is 4. The summed E-state index contributed by atoms with van der Waals surface area (Å²) < 4.78 is 2.14. The van der Waals surface area contributed by atoms with Crippen LogP contribution >= 0.6 is 0 Å². The molecule has 0 saturated carbocycles. The number of rotatable bonds is 2. The fraction of sp³-hybridized carbons (Fsp3) is 0. The molecule has 1 heterocycles. The lowest BCUT2D eigenvalue weighted by atomic mass is 9.95. The van der Waals surface area contributed by atoms with E-state index in [0.29, 0.717) is 11.1 Å². The molecule has 134 valence electrons. The number of hydrogen-bond donors (Lipinski definition) is 0. The summed E-state index contributed by atoms with van der Waals surface area (Å²) in [6.45, 7) is 0. The number of hydrogen-bond acceptors (Lipinski definition) is 2. The van der Waals surface area contributed by atoms with Gasteiger partial charge in [-0.1, -0.05) is 66.7 Å². The zero-order chi connectivity index (χ0) is 19.8. The fourth-order valence-corrected chi connectivity index (χ4v) is 4.07. The van der Waals surface area contributed by atoms with Crippen molar-refractivity contribution in [1.82, 2.24) is 4.57 Å². The lowest BCUT2D eigenvalue weighted by Crippen LogP contribution is -2.00. The molecule has 0 aliphatic carbocycles. The predicted molar refractivity (Wildman–Crippen MR) is 116 cm³/mol. The highest BCUT2D eigenvalue weighted by Crippen LogP contribution is 2.36. The molecule has 0 N–H and O–H groups in total.